The summed E-state index contributed by atoms with van der Waals surface area (Å²) in [7, 11) is -3.13. The molecule has 1 heterocycles. The first-order valence-corrected chi connectivity index (χ1v) is 9.72. The van der Waals surface area contributed by atoms with E-state index in [1.807, 2.05) is 6.92 Å². The zero-order valence-corrected chi connectivity index (χ0v) is 15.4. The largest absolute Gasteiger partial charge is 0.338 e. The Hall–Kier alpha value is -1.18. The Morgan fingerprint density at radius 1 is 1.38 bits per heavy atom. The lowest BCUT2D eigenvalue weighted by Gasteiger charge is -2.25. The Morgan fingerprint density at radius 3 is 2.50 bits per heavy atom. The Labute approximate surface area is 148 Å². The maximum absolute atomic E-state index is 13.0. The molecule has 24 heavy (non-hydrogen) atoms. The number of carbonyl (C=O) groups excluding carboxylic acids is 1. The monoisotopic (exact) mass is 378 g/mol. The molecule has 136 valence electrons. The molecule has 0 spiro atoms. The molecule has 1 aliphatic rings. The Kier molecular flexibility index (Phi) is 7.19. The van der Waals surface area contributed by atoms with Crippen molar-refractivity contribution in [1.29, 1.82) is 0 Å². The van der Waals surface area contributed by atoms with E-state index in [1.165, 1.54) is 12.1 Å². The van der Waals surface area contributed by atoms with Crippen molar-refractivity contribution in [3.05, 3.63) is 35.6 Å². The summed E-state index contributed by atoms with van der Waals surface area (Å²) in [6.45, 7) is 2.48. The van der Waals surface area contributed by atoms with Crippen LogP contribution in [-0.4, -0.2) is 49.9 Å². The van der Waals surface area contributed by atoms with Gasteiger partial charge >= 0.3 is 0 Å². The SMILES string of the molecule is CC1CC(c2ccc(F)cc2)CN1C(=O)C(N)CCS(C)(=O)=O.Cl. The number of benzene rings is 1. The summed E-state index contributed by atoms with van der Waals surface area (Å²) in [5.74, 6) is -0.443. The Morgan fingerprint density at radius 2 is 1.96 bits per heavy atom. The summed E-state index contributed by atoms with van der Waals surface area (Å²) in [4.78, 5) is 14.2. The lowest BCUT2D eigenvalue weighted by molar-refractivity contribution is -0.133. The molecule has 2 N–H and O–H groups in total. The summed E-state index contributed by atoms with van der Waals surface area (Å²) < 4.78 is 35.4. The summed E-state index contributed by atoms with van der Waals surface area (Å²) >= 11 is 0. The van der Waals surface area contributed by atoms with E-state index in [4.69, 9.17) is 5.73 Å². The van der Waals surface area contributed by atoms with Crippen molar-refractivity contribution < 1.29 is 17.6 Å². The van der Waals surface area contributed by atoms with Crippen LogP contribution in [0.1, 0.15) is 31.2 Å². The van der Waals surface area contributed by atoms with Crippen LogP contribution in [0.5, 0.6) is 0 Å². The fourth-order valence-electron chi connectivity index (χ4n) is 2.99. The number of rotatable bonds is 5. The molecule has 0 aromatic heterocycles. The first kappa shape index (κ1) is 20.9. The van der Waals surface area contributed by atoms with Crippen LogP contribution in [-0.2, 0) is 14.6 Å². The van der Waals surface area contributed by atoms with Gasteiger partial charge in [-0.15, -0.1) is 12.4 Å². The number of hydrogen-bond acceptors (Lipinski definition) is 4. The molecule has 1 aromatic rings. The zero-order chi connectivity index (χ0) is 17.2. The molecule has 3 unspecified atom stereocenters. The van der Waals surface area contributed by atoms with Crippen molar-refractivity contribution in [2.45, 2.75) is 37.8 Å². The van der Waals surface area contributed by atoms with Gasteiger partial charge in [-0.2, -0.15) is 0 Å². The molecule has 5 nitrogen and oxygen atoms in total. The standard InChI is InChI=1S/C16H23FN2O3S.ClH/c1-11-9-13(12-3-5-14(17)6-4-12)10-19(11)16(20)15(18)7-8-23(2,21)22;/h3-6,11,13,15H,7-10,18H2,1-2H3;1H. The number of hydrogen-bond donors (Lipinski definition) is 1. The smallest absolute Gasteiger partial charge is 0.239 e. The highest BCUT2D eigenvalue weighted by atomic mass is 35.5. The fraction of sp³-hybridized carbons (Fsp3) is 0.562. The summed E-state index contributed by atoms with van der Waals surface area (Å²) in [6.07, 6.45) is 2.05. The predicted octanol–water partition coefficient (Wildman–Crippen LogP) is 1.71. The maximum Gasteiger partial charge on any atom is 0.239 e. The van der Waals surface area contributed by atoms with Crippen LogP contribution in [0.4, 0.5) is 4.39 Å². The van der Waals surface area contributed by atoms with Crippen molar-refractivity contribution in [3.63, 3.8) is 0 Å². The van der Waals surface area contributed by atoms with Crippen LogP contribution in [0.3, 0.4) is 0 Å². The van der Waals surface area contributed by atoms with E-state index in [-0.39, 0.29) is 48.3 Å². The lowest BCUT2D eigenvalue weighted by Crippen LogP contribution is -2.46. The fourth-order valence-corrected chi connectivity index (χ4v) is 3.67. The summed E-state index contributed by atoms with van der Waals surface area (Å²) in [5, 5.41) is 0. The van der Waals surface area contributed by atoms with Gasteiger partial charge < -0.3 is 10.6 Å². The third-order valence-corrected chi connectivity index (χ3v) is 5.29. The first-order valence-electron chi connectivity index (χ1n) is 7.66. The van der Waals surface area contributed by atoms with Crippen LogP contribution < -0.4 is 5.73 Å². The minimum absolute atomic E-state index is 0. The van der Waals surface area contributed by atoms with Gasteiger partial charge in [-0.25, -0.2) is 12.8 Å². The molecule has 8 heteroatoms. The molecule has 0 saturated carbocycles. The molecular weight excluding hydrogens is 355 g/mol. The van der Waals surface area contributed by atoms with Crippen molar-refractivity contribution in [3.8, 4) is 0 Å². The summed E-state index contributed by atoms with van der Waals surface area (Å²) in [5.41, 5.74) is 6.86. The van der Waals surface area contributed by atoms with Crippen molar-refractivity contribution >= 4 is 28.2 Å². The van der Waals surface area contributed by atoms with Crippen LogP contribution in [0.15, 0.2) is 24.3 Å². The van der Waals surface area contributed by atoms with E-state index in [9.17, 15) is 17.6 Å². The maximum atomic E-state index is 13.0. The highest BCUT2D eigenvalue weighted by molar-refractivity contribution is 7.90. The van der Waals surface area contributed by atoms with E-state index >= 15 is 0 Å². The van der Waals surface area contributed by atoms with E-state index in [1.54, 1.807) is 17.0 Å². The van der Waals surface area contributed by atoms with Crippen molar-refractivity contribution in [1.82, 2.24) is 4.90 Å². The van der Waals surface area contributed by atoms with Gasteiger partial charge in [-0.1, -0.05) is 12.1 Å². The van der Waals surface area contributed by atoms with Gasteiger partial charge in [0.05, 0.1) is 11.8 Å². The van der Waals surface area contributed by atoms with Gasteiger partial charge in [-0.05, 0) is 37.5 Å². The number of nitrogens with zero attached hydrogens (tertiary/aromatic N) is 1. The highest BCUT2D eigenvalue weighted by Gasteiger charge is 2.35. The van der Waals surface area contributed by atoms with Crippen LogP contribution in [0, 0.1) is 5.82 Å². The predicted molar refractivity (Wildman–Crippen MR) is 94.5 cm³/mol. The zero-order valence-electron chi connectivity index (χ0n) is 13.8. The number of amides is 1. The van der Waals surface area contributed by atoms with Gasteiger partial charge in [0.2, 0.25) is 5.91 Å². The van der Waals surface area contributed by atoms with E-state index in [0.29, 0.717) is 6.54 Å². The molecule has 2 rings (SSSR count). The van der Waals surface area contributed by atoms with E-state index < -0.39 is 15.9 Å². The van der Waals surface area contributed by atoms with Crippen LogP contribution in [0.2, 0.25) is 0 Å². The number of carbonyl (C=O) groups is 1. The quantitative estimate of drug-likeness (QED) is 0.845. The second kappa shape index (κ2) is 8.27. The van der Waals surface area contributed by atoms with Crippen LogP contribution in [0.25, 0.3) is 0 Å². The average Bonchev–Trinajstić information content (AvgIpc) is 2.86. The van der Waals surface area contributed by atoms with Gasteiger partial charge in [0.25, 0.3) is 0 Å². The Bertz CT molecular complexity index is 666. The molecule has 0 bridgehead atoms. The molecule has 0 aliphatic carbocycles. The van der Waals surface area contributed by atoms with Gasteiger partial charge in [0, 0.05) is 24.8 Å². The molecule has 1 aromatic carbocycles. The average molecular weight is 379 g/mol. The number of halogens is 2. The number of nitrogens with two attached hydrogens (primary N) is 1. The normalized spacial score (nSPS) is 22.1. The minimum atomic E-state index is -3.13. The van der Waals surface area contributed by atoms with Gasteiger partial charge in [-0.3, -0.25) is 4.79 Å². The number of sulfone groups is 1. The lowest BCUT2D eigenvalue weighted by atomic mass is 9.97. The third kappa shape index (κ3) is 5.43. The molecule has 1 fully saturated rings. The van der Waals surface area contributed by atoms with Crippen molar-refractivity contribution in [2.75, 3.05) is 18.6 Å². The molecule has 1 saturated heterocycles. The topological polar surface area (TPSA) is 80.5 Å². The second-order valence-corrected chi connectivity index (χ2v) is 8.61. The number of likely N-dealkylation sites (tertiary alicyclic amines) is 1. The highest BCUT2D eigenvalue weighted by Crippen LogP contribution is 2.32. The van der Waals surface area contributed by atoms with E-state index in [0.717, 1.165) is 18.2 Å². The minimum Gasteiger partial charge on any atom is -0.338 e. The van der Waals surface area contributed by atoms with E-state index in [2.05, 4.69) is 0 Å². The Balaban J connectivity index is 0.00000288. The molecule has 1 aliphatic heterocycles. The molecule has 1 amide bonds. The molecule has 0 radical (unpaired) electrons. The van der Waals surface area contributed by atoms with Crippen LogP contribution >= 0.6 is 12.4 Å². The molecule has 3 atom stereocenters. The third-order valence-electron chi connectivity index (χ3n) is 4.32. The van der Waals surface area contributed by atoms with Gasteiger partial charge in [0.1, 0.15) is 15.7 Å². The second-order valence-electron chi connectivity index (χ2n) is 6.35. The first-order chi connectivity index (χ1) is 10.7. The van der Waals surface area contributed by atoms with Gasteiger partial charge in [0.15, 0.2) is 0 Å². The van der Waals surface area contributed by atoms with Crippen molar-refractivity contribution in [2.24, 2.45) is 5.73 Å². The summed E-state index contributed by atoms with van der Waals surface area (Å²) in [6, 6.07) is 5.54. The molecular formula is C16H24ClFN2O3S.